The lowest BCUT2D eigenvalue weighted by atomic mass is 10.0. The van der Waals surface area contributed by atoms with Crippen LogP contribution in [0.25, 0.3) is 0 Å². The number of esters is 1. The number of rotatable bonds is 70. The van der Waals surface area contributed by atoms with Crippen LogP contribution in [0.1, 0.15) is 374 Å². The Balaban J connectivity index is 4.97. The zero-order valence-electron chi connectivity index (χ0n) is 59.2. The molecule has 10 heteroatoms. The maximum absolute atomic E-state index is 13.6. The first-order chi connectivity index (χ1) is 42.9. The number of nitrogens with zero attached hydrogens (tertiary/aromatic N) is 1. The van der Waals surface area contributed by atoms with E-state index >= 15 is 0 Å². The van der Waals surface area contributed by atoms with Crippen LogP contribution in [0.5, 0.6) is 0 Å². The molecule has 0 aliphatic rings. The molecular formula is C78H147N2O7P. The van der Waals surface area contributed by atoms with Gasteiger partial charge < -0.3 is 28.5 Å². The van der Waals surface area contributed by atoms with E-state index in [-0.39, 0.29) is 31.5 Å². The van der Waals surface area contributed by atoms with Crippen LogP contribution in [-0.4, -0.2) is 69.4 Å². The second-order valence-corrected chi connectivity index (χ2v) is 28.6. The van der Waals surface area contributed by atoms with Crippen molar-refractivity contribution in [2.75, 3.05) is 40.9 Å². The Morgan fingerprint density at radius 2 is 0.693 bits per heavy atom. The summed E-state index contributed by atoms with van der Waals surface area (Å²) in [6, 6.07) is -0.890. The van der Waals surface area contributed by atoms with Crippen LogP contribution in [0.4, 0.5) is 0 Å². The molecule has 0 bridgehead atoms. The fraction of sp³-hybridized carbons (Fsp3) is 0.846. The molecule has 9 nitrogen and oxygen atoms in total. The smallest absolute Gasteiger partial charge is 0.306 e. The third-order valence-corrected chi connectivity index (χ3v) is 18.1. The van der Waals surface area contributed by atoms with E-state index in [0.717, 1.165) is 70.6 Å². The molecule has 0 rings (SSSR count). The summed E-state index contributed by atoms with van der Waals surface area (Å²) < 4.78 is 30.5. The monoisotopic (exact) mass is 1260 g/mol. The minimum Gasteiger partial charge on any atom is -0.756 e. The van der Waals surface area contributed by atoms with Gasteiger partial charge in [-0.1, -0.05) is 326 Å². The van der Waals surface area contributed by atoms with E-state index in [9.17, 15) is 19.0 Å². The second-order valence-electron chi connectivity index (χ2n) is 27.1. The number of unbranched alkanes of at least 4 members (excludes halogenated alkanes) is 46. The highest BCUT2D eigenvalue weighted by molar-refractivity contribution is 7.45. The minimum atomic E-state index is -4.71. The number of likely N-dealkylation sites (N-methyl/N-ethyl adjacent to an activating group) is 1. The quantitative estimate of drug-likeness (QED) is 0.0212. The van der Waals surface area contributed by atoms with E-state index in [4.69, 9.17) is 13.8 Å². The number of quaternary nitrogens is 1. The molecule has 0 spiro atoms. The number of nitrogens with one attached hydrogen (secondary N) is 1. The molecule has 516 valence electrons. The van der Waals surface area contributed by atoms with Gasteiger partial charge >= 0.3 is 5.97 Å². The van der Waals surface area contributed by atoms with Gasteiger partial charge in [-0.25, -0.2) is 0 Å². The Labute approximate surface area is 547 Å². The summed E-state index contributed by atoms with van der Waals surface area (Å²) in [5.74, 6) is -0.527. The topological polar surface area (TPSA) is 114 Å². The number of ether oxygens (including phenoxy) is 1. The van der Waals surface area contributed by atoms with Crippen LogP contribution in [0.15, 0.2) is 60.8 Å². The number of carbonyl (C=O) groups excluding carboxylic acids is 2. The summed E-state index contributed by atoms with van der Waals surface area (Å²) in [7, 11) is 1.20. The summed E-state index contributed by atoms with van der Waals surface area (Å²) >= 11 is 0. The van der Waals surface area contributed by atoms with Gasteiger partial charge in [-0.15, -0.1) is 0 Å². The molecule has 0 aromatic carbocycles. The van der Waals surface area contributed by atoms with Crippen molar-refractivity contribution in [3.05, 3.63) is 60.8 Å². The number of amides is 1. The highest BCUT2D eigenvalue weighted by Gasteiger charge is 2.27. The van der Waals surface area contributed by atoms with Crippen LogP contribution in [-0.2, 0) is 27.9 Å². The molecule has 0 saturated carbocycles. The Morgan fingerprint density at radius 1 is 0.398 bits per heavy atom. The van der Waals surface area contributed by atoms with Gasteiger partial charge in [0.2, 0.25) is 5.91 Å². The van der Waals surface area contributed by atoms with Crippen molar-refractivity contribution in [2.24, 2.45) is 0 Å². The van der Waals surface area contributed by atoms with E-state index in [1.165, 1.54) is 270 Å². The normalized spacial score (nSPS) is 13.8. The Kier molecular flexibility index (Phi) is 65.8. The summed E-state index contributed by atoms with van der Waals surface area (Å²) in [4.78, 5) is 40.3. The molecule has 0 fully saturated rings. The Hall–Kier alpha value is -2.29. The number of phosphoric acid groups is 1. The van der Waals surface area contributed by atoms with Crippen molar-refractivity contribution in [1.29, 1.82) is 0 Å². The number of hydrogen-bond acceptors (Lipinski definition) is 7. The lowest BCUT2D eigenvalue weighted by molar-refractivity contribution is -0.870. The zero-order valence-corrected chi connectivity index (χ0v) is 60.1. The Morgan fingerprint density at radius 3 is 1.07 bits per heavy atom. The number of allylic oxidation sites excluding steroid dienone is 9. The Bertz CT molecular complexity index is 1690. The second kappa shape index (κ2) is 67.6. The average molecular weight is 1260 g/mol. The maximum atomic E-state index is 13.6. The molecule has 0 radical (unpaired) electrons. The van der Waals surface area contributed by atoms with Crippen LogP contribution in [0.3, 0.4) is 0 Å². The molecule has 0 aliphatic heterocycles. The molecular weight excluding hydrogens is 1110 g/mol. The highest BCUT2D eigenvalue weighted by atomic mass is 31.2. The van der Waals surface area contributed by atoms with Crippen LogP contribution < -0.4 is 10.2 Å². The summed E-state index contributed by atoms with van der Waals surface area (Å²) in [5, 5.41) is 3.05. The van der Waals surface area contributed by atoms with E-state index in [1.807, 2.05) is 33.3 Å². The maximum Gasteiger partial charge on any atom is 0.306 e. The zero-order chi connectivity index (χ0) is 64.2. The third-order valence-electron chi connectivity index (χ3n) is 17.2. The standard InChI is InChI=1S/C78H147N2O7P/c1-7-10-13-16-19-22-25-28-30-32-34-36-38-40-42-44-46-48-50-52-55-58-61-64-67-70-77(81)79-75(74-86-88(83,84)85-73-72-80(4,5)6)76(69-66-63-60-57-54-27-24-21-18-15-12-9-3)87-78(82)71-68-65-62-59-56-53-51-49-47-45-43-41-39-37-35-33-31-29-26-23-20-17-14-11-8-2/h20,23,28-31,35,37,66,69,75-76H,7-19,21-22,24-27,32-34,36,38-65,67-68,70-74H2,1-6H3,(H-,79,81,83,84)/b23-20-,30-28+,31-29-,37-35-,69-66+. The lowest BCUT2D eigenvalue weighted by Gasteiger charge is -2.30. The number of carbonyl (C=O) groups is 2. The summed E-state index contributed by atoms with van der Waals surface area (Å²) in [6.45, 7) is 6.87. The molecule has 0 aromatic heterocycles. The summed E-state index contributed by atoms with van der Waals surface area (Å²) in [6.07, 6.45) is 87.8. The van der Waals surface area contributed by atoms with Gasteiger partial charge in [0.05, 0.1) is 33.8 Å². The fourth-order valence-corrected chi connectivity index (χ4v) is 12.0. The molecule has 88 heavy (non-hydrogen) atoms. The summed E-state index contributed by atoms with van der Waals surface area (Å²) in [5.41, 5.74) is 0. The first kappa shape index (κ1) is 85.7. The SMILES string of the molecule is CCCCC/C=C\C/C=C\C/C=C\CCCCCCCCCCCCCCC(=O)OC(/C=C/CCCCCCCCCCCC)C(COP(=O)([O-])OCC[N+](C)(C)C)NC(=O)CCCCCCCCCCCCCCCCC/C=C/CCCCCCCC. The first-order valence-corrected chi connectivity index (χ1v) is 39.6. The fourth-order valence-electron chi connectivity index (χ4n) is 11.3. The number of hydrogen-bond donors (Lipinski definition) is 1. The van der Waals surface area contributed by atoms with Crippen molar-refractivity contribution >= 4 is 19.7 Å². The molecule has 1 N–H and O–H groups in total. The van der Waals surface area contributed by atoms with Gasteiger partial charge in [0.25, 0.3) is 7.82 Å². The van der Waals surface area contributed by atoms with Crippen molar-refractivity contribution in [3.8, 4) is 0 Å². The van der Waals surface area contributed by atoms with Crippen molar-refractivity contribution in [1.82, 2.24) is 5.32 Å². The van der Waals surface area contributed by atoms with E-state index in [0.29, 0.717) is 17.4 Å². The van der Waals surface area contributed by atoms with Gasteiger partial charge in [-0.05, 0) is 96.0 Å². The van der Waals surface area contributed by atoms with Gasteiger partial charge in [0, 0.05) is 12.8 Å². The third kappa shape index (κ3) is 68.1. The van der Waals surface area contributed by atoms with Crippen molar-refractivity contribution < 1.29 is 37.3 Å². The molecule has 0 aromatic rings. The largest absolute Gasteiger partial charge is 0.756 e. The van der Waals surface area contributed by atoms with Gasteiger partial charge in [-0.3, -0.25) is 14.2 Å². The molecule has 3 atom stereocenters. The average Bonchev–Trinajstić information content (AvgIpc) is 3.52. The van der Waals surface area contributed by atoms with Gasteiger partial charge in [0.1, 0.15) is 19.3 Å². The molecule has 0 aliphatic carbocycles. The van der Waals surface area contributed by atoms with Crippen LogP contribution in [0, 0.1) is 0 Å². The molecule has 3 unspecified atom stereocenters. The predicted octanol–water partition coefficient (Wildman–Crippen LogP) is 23.9. The van der Waals surface area contributed by atoms with E-state index in [2.05, 4.69) is 74.7 Å². The van der Waals surface area contributed by atoms with E-state index < -0.39 is 20.0 Å². The van der Waals surface area contributed by atoms with Crippen LogP contribution in [0.2, 0.25) is 0 Å². The number of phosphoric ester groups is 1. The van der Waals surface area contributed by atoms with Gasteiger partial charge in [-0.2, -0.15) is 0 Å². The molecule has 0 heterocycles. The lowest BCUT2D eigenvalue weighted by Crippen LogP contribution is -2.47. The molecule has 0 saturated heterocycles. The highest BCUT2D eigenvalue weighted by Crippen LogP contribution is 2.38. The minimum absolute atomic E-state index is 0.0217. The predicted molar refractivity (Wildman–Crippen MR) is 381 cm³/mol. The van der Waals surface area contributed by atoms with Gasteiger partial charge in [0.15, 0.2) is 0 Å². The molecule has 1 amide bonds. The van der Waals surface area contributed by atoms with E-state index in [1.54, 1.807) is 0 Å². The van der Waals surface area contributed by atoms with Crippen molar-refractivity contribution in [2.45, 2.75) is 386 Å². The van der Waals surface area contributed by atoms with Crippen LogP contribution >= 0.6 is 7.82 Å². The van der Waals surface area contributed by atoms with Crippen molar-refractivity contribution in [3.63, 3.8) is 0 Å². The first-order valence-electron chi connectivity index (χ1n) is 38.1.